The largest absolute Gasteiger partial charge is 0.477 e. The van der Waals surface area contributed by atoms with Crippen LogP contribution in [0.2, 0.25) is 0 Å². The lowest BCUT2D eigenvalue weighted by Crippen LogP contribution is -2.12. The Hall–Kier alpha value is -0.900. The van der Waals surface area contributed by atoms with Crippen molar-refractivity contribution in [3.8, 4) is 0 Å². The van der Waals surface area contributed by atoms with Crippen LogP contribution in [0.3, 0.4) is 0 Å². The first-order valence-electron chi connectivity index (χ1n) is 5.33. The number of carboxylic acid groups (broad SMARTS) is 1. The maximum atomic E-state index is 11.1. The van der Waals surface area contributed by atoms with Crippen LogP contribution in [0.1, 0.15) is 65.3 Å². The fraction of sp³-hybridized carbons (Fsp3) is 0.636. The molecule has 0 saturated heterocycles. The lowest BCUT2D eigenvalue weighted by molar-refractivity contribution is 0.0699. The molecular formula is C11H15NO2S. The molecule has 0 aromatic carbocycles. The van der Waals surface area contributed by atoms with Crippen LogP contribution in [0.15, 0.2) is 0 Å². The first-order chi connectivity index (χ1) is 7.09. The molecule has 0 spiro atoms. The van der Waals surface area contributed by atoms with Gasteiger partial charge in [-0.25, -0.2) is 9.78 Å². The van der Waals surface area contributed by atoms with Crippen molar-refractivity contribution < 1.29 is 9.90 Å². The van der Waals surface area contributed by atoms with E-state index >= 15 is 0 Å². The fourth-order valence-corrected chi connectivity index (χ4v) is 2.70. The Morgan fingerprint density at radius 1 is 1.53 bits per heavy atom. The molecule has 1 aromatic rings. The third-order valence-electron chi connectivity index (χ3n) is 2.85. The molecule has 1 aliphatic rings. The summed E-state index contributed by atoms with van der Waals surface area (Å²) in [5.74, 6) is -0.0944. The summed E-state index contributed by atoms with van der Waals surface area (Å²) in [5.41, 5.74) is 0.836. The van der Waals surface area contributed by atoms with Crippen LogP contribution in [0.4, 0.5) is 0 Å². The van der Waals surface area contributed by atoms with Gasteiger partial charge in [-0.2, -0.15) is 0 Å². The van der Waals surface area contributed by atoms with E-state index in [0.29, 0.717) is 16.7 Å². The average molecular weight is 225 g/mol. The number of nitrogens with zero attached hydrogens (tertiary/aromatic N) is 1. The highest BCUT2D eigenvalue weighted by Gasteiger charge is 2.29. The van der Waals surface area contributed by atoms with Crippen LogP contribution >= 0.6 is 11.3 Å². The van der Waals surface area contributed by atoms with Gasteiger partial charge in [0, 0.05) is 11.8 Å². The van der Waals surface area contributed by atoms with Crippen LogP contribution in [0, 0.1) is 0 Å². The molecule has 1 aliphatic carbocycles. The Morgan fingerprint density at radius 3 is 2.60 bits per heavy atom. The second-order valence-electron chi connectivity index (χ2n) is 4.35. The summed E-state index contributed by atoms with van der Waals surface area (Å²) in [6, 6.07) is 0. The highest BCUT2D eigenvalue weighted by Crippen LogP contribution is 2.40. The van der Waals surface area contributed by atoms with Crippen LogP contribution in [0.25, 0.3) is 0 Å². The number of carbonyl (C=O) groups is 1. The minimum absolute atomic E-state index is 0.321. The van der Waals surface area contributed by atoms with E-state index < -0.39 is 5.97 Å². The van der Waals surface area contributed by atoms with Crippen LogP contribution in [-0.4, -0.2) is 16.1 Å². The summed E-state index contributed by atoms with van der Waals surface area (Å²) in [4.78, 5) is 16.0. The molecule has 3 nitrogen and oxygen atoms in total. The van der Waals surface area contributed by atoms with E-state index in [1.807, 2.05) is 0 Å². The summed E-state index contributed by atoms with van der Waals surface area (Å²) in [5, 5.41) is 10.1. The Bertz CT molecular complexity index is 380. The van der Waals surface area contributed by atoms with Crippen molar-refractivity contribution in [2.24, 2.45) is 0 Å². The van der Waals surface area contributed by atoms with Crippen molar-refractivity contribution in [3.05, 3.63) is 15.6 Å². The van der Waals surface area contributed by atoms with Gasteiger partial charge in [0.05, 0.1) is 10.7 Å². The molecule has 1 fully saturated rings. The van der Waals surface area contributed by atoms with Gasteiger partial charge < -0.3 is 5.11 Å². The van der Waals surface area contributed by atoms with E-state index in [-0.39, 0.29) is 0 Å². The lowest BCUT2D eigenvalue weighted by Gasteiger charge is -2.23. The Morgan fingerprint density at radius 2 is 2.20 bits per heavy atom. The molecule has 15 heavy (non-hydrogen) atoms. The quantitative estimate of drug-likeness (QED) is 0.859. The van der Waals surface area contributed by atoms with E-state index in [1.54, 1.807) is 0 Å². The first-order valence-corrected chi connectivity index (χ1v) is 6.15. The molecule has 1 heterocycles. The second-order valence-corrected chi connectivity index (χ2v) is 5.38. The number of carboxylic acids is 1. The van der Waals surface area contributed by atoms with Crippen molar-refractivity contribution in [1.29, 1.82) is 0 Å². The zero-order valence-electron chi connectivity index (χ0n) is 8.99. The Kier molecular flexibility index (Phi) is 2.78. The highest BCUT2D eigenvalue weighted by molar-refractivity contribution is 7.13. The number of hydrogen-bond donors (Lipinski definition) is 1. The van der Waals surface area contributed by atoms with Crippen molar-refractivity contribution in [1.82, 2.24) is 4.98 Å². The van der Waals surface area contributed by atoms with E-state index in [1.165, 1.54) is 17.8 Å². The summed E-state index contributed by atoms with van der Waals surface area (Å²) in [7, 11) is 0. The summed E-state index contributed by atoms with van der Waals surface area (Å²) in [6.45, 7) is 4.10. The van der Waals surface area contributed by atoms with Gasteiger partial charge in [0.15, 0.2) is 0 Å². The maximum Gasteiger partial charge on any atom is 0.347 e. The van der Waals surface area contributed by atoms with Crippen LogP contribution < -0.4 is 0 Å². The number of thiazole rings is 1. The molecular weight excluding hydrogens is 210 g/mol. The molecule has 82 valence electrons. The van der Waals surface area contributed by atoms with Crippen molar-refractivity contribution in [3.63, 3.8) is 0 Å². The van der Waals surface area contributed by atoms with E-state index in [0.717, 1.165) is 23.5 Å². The molecule has 2 rings (SSSR count). The number of rotatable bonds is 3. The van der Waals surface area contributed by atoms with Gasteiger partial charge in [0.1, 0.15) is 4.88 Å². The van der Waals surface area contributed by atoms with E-state index in [4.69, 9.17) is 5.11 Å². The van der Waals surface area contributed by atoms with Gasteiger partial charge in [0.25, 0.3) is 0 Å². The minimum Gasteiger partial charge on any atom is -0.477 e. The van der Waals surface area contributed by atoms with E-state index in [9.17, 15) is 4.79 Å². The first kappa shape index (κ1) is 10.6. The topological polar surface area (TPSA) is 50.2 Å². The number of aromatic carboxylic acids is 1. The van der Waals surface area contributed by atoms with Crippen molar-refractivity contribution >= 4 is 17.3 Å². The second kappa shape index (κ2) is 3.93. The predicted molar refractivity (Wildman–Crippen MR) is 59.8 cm³/mol. The van der Waals surface area contributed by atoms with Gasteiger partial charge in [-0.05, 0) is 12.8 Å². The normalized spacial score (nSPS) is 16.7. The van der Waals surface area contributed by atoms with Crippen molar-refractivity contribution in [2.45, 2.75) is 44.9 Å². The zero-order chi connectivity index (χ0) is 11.0. The van der Waals surface area contributed by atoms with Gasteiger partial charge in [-0.1, -0.05) is 20.3 Å². The molecule has 0 unspecified atom stereocenters. The fourth-order valence-electron chi connectivity index (χ4n) is 1.71. The molecule has 4 heteroatoms. The minimum atomic E-state index is -0.818. The third kappa shape index (κ3) is 1.91. The molecule has 0 atom stereocenters. The third-order valence-corrected chi connectivity index (χ3v) is 4.21. The number of aromatic nitrogens is 1. The SMILES string of the molecule is CC(C)c1nc(C2CCC2)c(C(=O)O)s1. The summed E-state index contributed by atoms with van der Waals surface area (Å²) >= 11 is 1.34. The zero-order valence-corrected chi connectivity index (χ0v) is 9.80. The predicted octanol–water partition coefficient (Wildman–Crippen LogP) is 3.23. The maximum absolute atomic E-state index is 11.1. The number of hydrogen-bond acceptors (Lipinski definition) is 3. The monoisotopic (exact) mass is 225 g/mol. The van der Waals surface area contributed by atoms with Gasteiger partial charge in [-0.3, -0.25) is 0 Å². The Labute approximate surface area is 93.2 Å². The molecule has 1 aromatic heterocycles. The van der Waals surface area contributed by atoms with Crippen molar-refractivity contribution in [2.75, 3.05) is 0 Å². The summed E-state index contributed by atoms with van der Waals surface area (Å²) < 4.78 is 0. The lowest BCUT2D eigenvalue weighted by atomic mass is 9.82. The molecule has 0 amide bonds. The van der Waals surface area contributed by atoms with Gasteiger partial charge in [0.2, 0.25) is 0 Å². The molecule has 0 bridgehead atoms. The Balaban J connectivity index is 2.36. The van der Waals surface area contributed by atoms with E-state index in [2.05, 4.69) is 18.8 Å². The van der Waals surface area contributed by atoms with Crippen LogP contribution in [0.5, 0.6) is 0 Å². The molecule has 0 radical (unpaired) electrons. The standard InChI is InChI=1S/C11H15NO2S/c1-6(2)10-12-8(7-4-3-5-7)9(15-10)11(13)14/h6-7H,3-5H2,1-2H3,(H,13,14). The molecule has 1 N–H and O–H groups in total. The molecule has 0 aliphatic heterocycles. The smallest absolute Gasteiger partial charge is 0.347 e. The average Bonchev–Trinajstić information content (AvgIpc) is 2.45. The summed E-state index contributed by atoms with van der Waals surface area (Å²) in [6.07, 6.45) is 3.40. The van der Waals surface area contributed by atoms with Gasteiger partial charge >= 0.3 is 5.97 Å². The highest BCUT2D eigenvalue weighted by atomic mass is 32.1. The van der Waals surface area contributed by atoms with Gasteiger partial charge in [-0.15, -0.1) is 11.3 Å². The van der Waals surface area contributed by atoms with Crippen LogP contribution in [-0.2, 0) is 0 Å². The molecule has 1 saturated carbocycles.